The third kappa shape index (κ3) is 1.50. The van der Waals surface area contributed by atoms with Crippen LogP contribution in [-0.2, 0) is 6.42 Å². The third-order valence-corrected chi connectivity index (χ3v) is 2.37. The molecular weight excluding hydrogens is 198 g/mol. The van der Waals surface area contributed by atoms with Crippen LogP contribution in [0, 0.1) is 10.1 Å². The highest BCUT2D eigenvalue weighted by Gasteiger charge is 2.22. The van der Waals surface area contributed by atoms with Gasteiger partial charge in [-0.15, -0.1) is 0 Å². The third-order valence-electron chi connectivity index (χ3n) is 2.37. The van der Waals surface area contributed by atoms with Gasteiger partial charge in [0.1, 0.15) is 5.69 Å². The van der Waals surface area contributed by atoms with E-state index in [2.05, 4.69) is 5.32 Å². The number of carbonyl (C=O) groups excluding carboxylic acids is 1. The fourth-order valence-electron chi connectivity index (χ4n) is 1.63. The molecule has 78 valence electrons. The van der Waals surface area contributed by atoms with E-state index in [0.717, 1.165) is 5.56 Å². The van der Waals surface area contributed by atoms with Crippen LogP contribution < -0.4 is 11.1 Å². The van der Waals surface area contributed by atoms with Crippen molar-refractivity contribution in [1.82, 2.24) is 5.32 Å². The van der Waals surface area contributed by atoms with E-state index in [-0.39, 0.29) is 17.3 Å². The van der Waals surface area contributed by atoms with Crippen LogP contribution in [0.5, 0.6) is 0 Å². The molecule has 6 heteroatoms. The topological polar surface area (TPSA) is 98.3 Å². The van der Waals surface area contributed by atoms with Crippen LogP contribution in [0.4, 0.5) is 11.4 Å². The van der Waals surface area contributed by atoms with Gasteiger partial charge in [0.15, 0.2) is 0 Å². The second kappa shape index (κ2) is 3.23. The lowest BCUT2D eigenvalue weighted by Crippen LogP contribution is -2.31. The van der Waals surface area contributed by atoms with Crippen molar-refractivity contribution in [2.24, 2.45) is 0 Å². The number of nitro benzene ring substituents is 1. The maximum atomic E-state index is 11.4. The van der Waals surface area contributed by atoms with Gasteiger partial charge in [-0.3, -0.25) is 14.9 Å². The number of carbonyl (C=O) groups is 1. The molecular formula is C9H9N3O3. The minimum atomic E-state index is -0.586. The maximum absolute atomic E-state index is 11.4. The lowest BCUT2D eigenvalue weighted by molar-refractivity contribution is -0.383. The lowest BCUT2D eigenvalue weighted by atomic mass is 9.99. The molecule has 1 aliphatic heterocycles. The van der Waals surface area contributed by atoms with Crippen molar-refractivity contribution in [3.8, 4) is 0 Å². The number of benzene rings is 1. The molecule has 2 rings (SSSR count). The van der Waals surface area contributed by atoms with Gasteiger partial charge in [0, 0.05) is 18.2 Å². The molecule has 0 saturated carbocycles. The maximum Gasteiger partial charge on any atom is 0.292 e. The summed E-state index contributed by atoms with van der Waals surface area (Å²) in [5, 5.41) is 13.2. The summed E-state index contributed by atoms with van der Waals surface area (Å²) in [5.74, 6) is -0.278. The summed E-state index contributed by atoms with van der Waals surface area (Å²) in [6.45, 7) is 0.545. The first-order valence-electron chi connectivity index (χ1n) is 4.44. The molecule has 1 aromatic rings. The number of nitrogens with one attached hydrogen (secondary N) is 1. The molecule has 0 aliphatic carbocycles. The number of nitrogens with zero attached hydrogens (tertiary/aromatic N) is 1. The van der Waals surface area contributed by atoms with Gasteiger partial charge in [-0.05, 0) is 18.1 Å². The Labute approximate surface area is 85.2 Å². The largest absolute Gasteiger partial charge is 0.393 e. The van der Waals surface area contributed by atoms with Crippen molar-refractivity contribution < 1.29 is 9.72 Å². The van der Waals surface area contributed by atoms with E-state index in [4.69, 9.17) is 5.73 Å². The molecule has 1 aliphatic rings. The highest BCUT2D eigenvalue weighted by molar-refractivity contribution is 5.98. The van der Waals surface area contributed by atoms with E-state index in [1.807, 2.05) is 0 Å². The van der Waals surface area contributed by atoms with Crippen molar-refractivity contribution in [1.29, 1.82) is 0 Å². The zero-order chi connectivity index (χ0) is 11.0. The molecule has 0 unspecified atom stereocenters. The van der Waals surface area contributed by atoms with Crippen LogP contribution in [0.2, 0.25) is 0 Å². The zero-order valence-electron chi connectivity index (χ0n) is 7.82. The Hall–Kier alpha value is -2.11. The van der Waals surface area contributed by atoms with Crippen LogP contribution in [0.1, 0.15) is 15.9 Å². The Morgan fingerprint density at radius 3 is 2.87 bits per heavy atom. The highest BCUT2D eigenvalue weighted by atomic mass is 16.6. The molecule has 0 atom stereocenters. The highest BCUT2D eigenvalue weighted by Crippen LogP contribution is 2.27. The Morgan fingerprint density at radius 1 is 1.47 bits per heavy atom. The molecule has 6 nitrogen and oxygen atoms in total. The molecule has 0 spiro atoms. The second-order valence-corrected chi connectivity index (χ2v) is 3.33. The number of hydrogen-bond donors (Lipinski definition) is 2. The Balaban J connectivity index is 2.60. The van der Waals surface area contributed by atoms with Gasteiger partial charge < -0.3 is 11.1 Å². The number of fused-ring (bicyclic) bond motifs is 1. The van der Waals surface area contributed by atoms with Gasteiger partial charge in [0.2, 0.25) is 0 Å². The van der Waals surface area contributed by atoms with Gasteiger partial charge in [-0.1, -0.05) is 0 Å². The number of anilines is 1. The van der Waals surface area contributed by atoms with Crippen molar-refractivity contribution in [2.75, 3.05) is 12.3 Å². The standard InChI is InChI=1S/C9H9N3O3/c10-7-3-5-1-2-11-9(13)6(5)4-8(7)12(14)15/h3-4H,1-2,10H2,(H,11,13). The Kier molecular flexibility index (Phi) is 2.03. The van der Waals surface area contributed by atoms with Gasteiger partial charge in [-0.25, -0.2) is 0 Å². The molecule has 1 amide bonds. The molecule has 3 N–H and O–H groups in total. The summed E-state index contributed by atoms with van der Waals surface area (Å²) < 4.78 is 0. The van der Waals surface area contributed by atoms with Crippen LogP contribution in [0.15, 0.2) is 12.1 Å². The number of amides is 1. The SMILES string of the molecule is Nc1cc2c(cc1[N+](=O)[O-])C(=O)NCC2. The molecule has 0 aromatic heterocycles. The van der Waals surface area contributed by atoms with Crippen molar-refractivity contribution in [2.45, 2.75) is 6.42 Å². The average Bonchev–Trinajstić information content (AvgIpc) is 2.16. The Bertz CT molecular complexity index is 456. The molecule has 0 fully saturated rings. The van der Waals surface area contributed by atoms with Crippen LogP contribution in [0.25, 0.3) is 0 Å². The first kappa shape index (κ1) is 9.45. The summed E-state index contributed by atoms with van der Waals surface area (Å²) in [5.41, 5.74) is 6.52. The normalized spacial score (nSPS) is 14.3. The van der Waals surface area contributed by atoms with E-state index >= 15 is 0 Å². The molecule has 1 heterocycles. The summed E-state index contributed by atoms with van der Waals surface area (Å²) in [4.78, 5) is 21.4. The molecule has 0 saturated heterocycles. The van der Waals surface area contributed by atoms with Gasteiger partial charge in [-0.2, -0.15) is 0 Å². The fraction of sp³-hybridized carbons (Fsp3) is 0.222. The quantitative estimate of drug-likeness (QED) is 0.397. The lowest BCUT2D eigenvalue weighted by Gasteiger charge is -2.16. The summed E-state index contributed by atoms with van der Waals surface area (Å²) in [6.07, 6.45) is 0.656. The van der Waals surface area contributed by atoms with Crippen molar-refractivity contribution >= 4 is 17.3 Å². The zero-order valence-corrected chi connectivity index (χ0v) is 7.82. The smallest absolute Gasteiger partial charge is 0.292 e. The number of hydrogen-bond acceptors (Lipinski definition) is 4. The molecule has 0 radical (unpaired) electrons. The van der Waals surface area contributed by atoms with E-state index < -0.39 is 4.92 Å². The second-order valence-electron chi connectivity index (χ2n) is 3.33. The van der Waals surface area contributed by atoms with Crippen molar-refractivity contribution in [3.63, 3.8) is 0 Å². The first-order valence-corrected chi connectivity index (χ1v) is 4.44. The van der Waals surface area contributed by atoms with Crippen molar-refractivity contribution in [3.05, 3.63) is 33.4 Å². The molecule has 0 bridgehead atoms. The molecule has 15 heavy (non-hydrogen) atoms. The fourth-order valence-corrected chi connectivity index (χ4v) is 1.63. The number of nitro groups is 1. The molecule has 1 aromatic carbocycles. The van der Waals surface area contributed by atoms with Gasteiger partial charge in [0.05, 0.1) is 4.92 Å². The minimum Gasteiger partial charge on any atom is -0.393 e. The van der Waals surface area contributed by atoms with E-state index in [0.29, 0.717) is 18.5 Å². The minimum absolute atomic E-state index is 0.105. The number of rotatable bonds is 1. The summed E-state index contributed by atoms with van der Waals surface area (Å²) in [7, 11) is 0. The van der Waals surface area contributed by atoms with Gasteiger partial charge in [0.25, 0.3) is 11.6 Å². The first-order chi connectivity index (χ1) is 7.09. The predicted molar refractivity (Wildman–Crippen MR) is 53.5 cm³/mol. The van der Waals surface area contributed by atoms with E-state index in [9.17, 15) is 14.9 Å². The van der Waals surface area contributed by atoms with Gasteiger partial charge >= 0.3 is 0 Å². The Morgan fingerprint density at radius 2 is 2.20 bits per heavy atom. The number of nitrogens with two attached hydrogens (primary N) is 1. The van der Waals surface area contributed by atoms with E-state index in [1.165, 1.54) is 12.1 Å². The predicted octanol–water partition coefficient (Wildman–Crippen LogP) is 0.463. The summed E-state index contributed by atoms with van der Waals surface area (Å²) in [6, 6.07) is 2.74. The average molecular weight is 207 g/mol. The number of nitrogen functional groups attached to an aromatic ring is 1. The van der Waals surface area contributed by atoms with Crippen LogP contribution in [0.3, 0.4) is 0 Å². The monoisotopic (exact) mass is 207 g/mol. The van der Waals surface area contributed by atoms with Crippen LogP contribution in [-0.4, -0.2) is 17.4 Å². The van der Waals surface area contributed by atoms with E-state index in [1.54, 1.807) is 0 Å². The van der Waals surface area contributed by atoms with Crippen LogP contribution >= 0.6 is 0 Å². The summed E-state index contributed by atoms with van der Waals surface area (Å²) >= 11 is 0.